The Kier molecular flexibility index (Phi) is 27.4. The summed E-state index contributed by atoms with van der Waals surface area (Å²) in [5, 5.41) is 19.0. The van der Waals surface area contributed by atoms with Crippen molar-refractivity contribution in [2.75, 3.05) is 0 Å². The van der Waals surface area contributed by atoms with Gasteiger partial charge in [0.15, 0.2) is 5.41 Å². The van der Waals surface area contributed by atoms with Crippen LogP contribution in [0.25, 0.3) is 0 Å². The van der Waals surface area contributed by atoms with Crippen molar-refractivity contribution in [1.82, 2.24) is 0 Å². The van der Waals surface area contributed by atoms with Crippen molar-refractivity contribution >= 4 is 92.9 Å². The number of unbranched alkanes of at least 4 members (excludes halogenated alkanes) is 12. The third-order valence-corrected chi connectivity index (χ3v) is 5.23. The number of rotatable bonds is 18. The van der Waals surface area contributed by atoms with Crippen molar-refractivity contribution in [3.8, 4) is 0 Å². The number of hydrogen-bond donors (Lipinski definition) is 2. The summed E-state index contributed by atoms with van der Waals surface area (Å²) in [6, 6.07) is 0. The second kappa shape index (κ2) is 22.3. The molecule has 0 atom stereocenters. The van der Waals surface area contributed by atoms with Crippen LogP contribution in [0.5, 0.6) is 0 Å². The van der Waals surface area contributed by atoms with Crippen molar-refractivity contribution in [2.45, 2.75) is 117 Å². The fourth-order valence-electron chi connectivity index (χ4n) is 3.41. The molecule has 0 aliphatic rings. The van der Waals surface area contributed by atoms with E-state index in [1.165, 1.54) is 44.9 Å². The van der Waals surface area contributed by atoms with Crippen LogP contribution in [-0.2, 0) is 9.59 Å². The average molecular weight is 421 g/mol. The van der Waals surface area contributed by atoms with Crippen molar-refractivity contribution in [3.63, 3.8) is 0 Å². The van der Waals surface area contributed by atoms with E-state index in [0.717, 1.165) is 32.1 Å². The zero-order valence-electron chi connectivity index (χ0n) is 16.5. The van der Waals surface area contributed by atoms with Crippen molar-refractivity contribution in [1.29, 1.82) is 0 Å². The first kappa shape index (κ1) is 33.2. The van der Waals surface area contributed by atoms with Crippen LogP contribution in [-0.4, -0.2) is 103 Å². The van der Waals surface area contributed by atoms with E-state index < -0.39 is 17.4 Å². The molecule has 0 fully saturated rings. The van der Waals surface area contributed by atoms with Gasteiger partial charge in [-0.05, 0) is 12.8 Å². The first-order valence-corrected chi connectivity index (χ1v) is 10.5. The summed E-state index contributed by atoms with van der Waals surface area (Å²) < 4.78 is 0. The predicted molar refractivity (Wildman–Crippen MR) is 117 cm³/mol. The number of carbonyl (C=O) groups is 2. The average Bonchev–Trinajstić information content (AvgIpc) is 2.57. The Hall–Kier alpha value is 1.58. The summed E-state index contributed by atoms with van der Waals surface area (Å²) in [7, 11) is 0. The number of carboxylic acids is 2. The second-order valence-electron chi connectivity index (χ2n) is 7.44. The summed E-state index contributed by atoms with van der Waals surface area (Å²) in [5.41, 5.74) is -1.58. The van der Waals surface area contributed by atoms with Crippen LogP contribution < -0.4 is 0 Å². The molecule has 0 amide bonds. The molecule has 0 spiro atoms. The molecule has 152 valence electrons. The molecule has 4 nitrogen and oxygen atoms in total. The fourth-order valence-corrected chi connectivity index (χ4v) is 3.41. The molecule has 0 rings (SSSR count). The molecule has 0 heterocycles. The normalized spacial score (nSPS) is 10.7. The molecular weight excluding hydrogens is 378 g/mol. The first-order chi connectivity index (χ1) is 12.0. The van der Waals surface area contributed by atoms with E-state index in [9.17, 15) is 19.8 Å². The number of aliphatic carboxylic acids is 2. The molecule has 0 aromatic heterocycles. The van der Waals surface area contributed by atoms with Gasteiger partial charge in [0.25, 0.3) is 0 Å². The van der Waals surface area contributed by atoms with Crippen LogP contribution >= 0.6 is 0 Å². The molecule has 0 saturated heterocycles. The van der Waals surface area contributed by atoms with Gasteiger partial charge in [-0.25, -0.2) is 0 Å². The fraction of sp³-hybridized carbons (Fsp3) is 0.905. The van der Waals surface area contributed by atoms with E-state index in [0.29, 0.717) is 12.8 Å². The molecule has 0 aliphatic carbocycles. The zero-order chi connectivity index (χ0) is 19.0. The third-order valence-electron chi connectivity index (χ3n) is 5.23. The quantitative estimate of drug-likeness (QED) is 0.183. The van der Waals surface area contributed by atoms with E-state index in [4.69, 9.17) is 0 Å². The Balaban J connectivity index is -0.00000288. The third kappa shape index (κ3) is 16.0. The molecule has 0 bridgehead atoms. The van der Waals surface area contributed by atoms with Crippen LogP contribution in [0.2, 0.25) is 0 Å². The molecule has 2 N–H and O–H groups in total. The summed E-state index contributed by atoms with van der Waals surface area (Å²) in [5.74, 6) is -2.32. The molecule has 27 heavy (non-hydrogen) atoms. The minimum absolute atomic E-state index is 0. The topological polar surface area (TPSA) is 74.6 Å². The summed E-state index contributed by atoms with van der Waals surface area (Å²) >= 11 is 0. The maximum atomic E-state index is 11.6. The molecule has 0 aromatic carbocycles. The molecule has 6 heteroatoms. The summed E-state index contributed by atoms with van der Waals surface area (Å²) in [6.07, 6.45) is 15.9. The van der Waals surface area contributed by atoms with Gasteiger partial charge in [0.1, 0.15) is 0 Å². The zero-order valence-corrected chi connectivity index (χ0v) is 16.5. The Morgan fingerprint density at radius 1 is 0.593 bits per heavy atom. The molecule has 0 saturated carbocycles. The van der Waals surface area contributed by atoms with E-state index in [1.807, 2.05) is 0 Å². The molecule has 0 unspecified atom stereocenters. The second-order valence-corrected chi connectivity index (χ2v) is 7.44. The maximum absolute atomic E-state index is 11.6. The SMILES string of the molecule is CCCCCCCCCCCCC(CCCCCC)(C(=O)O)C(=O)O.[KH].[NaH]. The van der Waals surface area contributed by atoms with Crippen LogP contribution in [0, 0.1) is 5.41 Å². The van der Waals surface area contributed by atoms with Gasteiger partial charge in [0.2, 0.25) is 0 Å². The van der Waals surface area contributed by atoms with Gasteiger partial charge < -0.3 is 10.2 Å². The van der Waals surface area contributed by atoms with Gasteiger partial charge in [-0.3, -0.25) is 9.59 Å². The van der Waals surface area contributed by atoms with Crippen LogP contribution in [0.4, 0.5) is 0 Å². The first-order valence-electron chi connectivity index (χ1n) is 10.5. The van der Waals surface area contributed by atoms with Gasteiger partial charge in [0.05, 0.1) is 0 Å². The van der Waals surface area contributed by atoms with Crippen molar-refractivity contribution < 1.29 is 19.8 Å². The van der Waals surface area contributed by atoms with Crippen LogP contribution in [0.1, 0.15) is 117 Å². The molecule has 0 aliphatic heterocycles. The Bertz CT molecular complexity index is 350. The standard InChI is InChI=1S/C21H40O4.K.Na.2H/c1-3-5-7-9-10-11-12-13-14-16-18-21(19(22)23,20(24)25)17-15-8-6-4-2;;;;/h3-18H2,1-2H3,(H,22,23)(H,24,25);;;;. The van der Waals surface area contributed by atoms with Crippen LogP contribution in [0.15, 0.2) is 0 Å². The van der Waals surface area contributed by atoms with E-state index in [-0.39, 0.29) is 93.8 Å². The Labute approximate surface area is 231 Å². The minimum atomic E-state index is -1.58. The summed E-state index contributed by atoms with van der Waals surface area (Å²) in [4.78, 5) is 23.3. The predicted octanol–water partition coefficient (Wildman–Crippen LogP) is 5.13. The van der Waals surface area contributed by atoms with Crippen LogP contribution in [0.3, 0.4) is 0 Å². The Morgan fingerprint density at radius 3 is 1.15 bits per heavy atom. The van der Waals surface area contributed by atoms with Gasteiger partial charge in [-0.1, -0.05) is 104 Å². The number of carboxylic acid groups (broad SMARTS) is 2. The van der Waals surface area contributed by atoms with Crippen molar-refractivity contribution in [3.05, 3.63) is 0 Å². The summed E-state index contributed by atoms with van der Waals surface area (Å²) in [6.45, 7) is 4.31. The number of hydrogen-bond acceptors (Lipinski definition) is 2. The van der Waals surface area contributed by atoms with Crippen molar-refractivity contribution in [2.24, 2.45) is 5.41 Å². The molecular formula is C21H42KNaO4. The van der Waals surface area contributed by atoms with E-state index >= 15 is 0 Å². The molecule has 0 radical (unpaired) electrons. The van der Waals surface area contributed by atoms with E-state index in [2.05, 4.69) is 13.8 Å². The van der Waals surface area contributed by atoms with Gasteiger partial charge in [-0.15, -0.1) is 0 Å². The van der Waals surface area contributed by atoms with Gasteiger partial charge in [-0.2, -0.15) is 0 Å². The van der Waals surface area contributed by atoms with Gasteiger partial charge in [0, 0.05) is 0 Å². The Morgan fingerprint density at radius 2 is 0.852 bits per heavy atom. The van der Waals surface area contributed by atoms with E-state index in [1.54, 1.807) is 0 Å². The molecule has 0 aromatic rings. The monoisotopic (exact) mass is 420 g/mol. The van der Waals surface area contributed by atoms with Gasteiger partial charge >= 0.3 is 92.9 Å².